The topological polar surface area (TPSA) is 115 Å². The average Bonchev–Trinajstić information content (AvgIpc) is 2.89. The van der Waals surface area contributed by atoms with Crippen molar-refractivity contribution in [2.45, 2.75) is 13.8 Å². The number of benzene rings is 1. The summed E-state index contributed by atoms with van der Waals surface area (Å²) in [4.78, 5) is 8.43. The number of nitrogen functional groups attached to an aromatic ring is 1. The zero-order valence-corrected chi connectivity index (χ0v) is 11.0. The number of fused-ring (bicyclic) bond motifs is 1. The maximum atomic E-state index is 5.45. The fourth-order valence-electron chi connectivity index (χ4n) is 1.78. The first-order valence-corrected chi connectivity index (χ1v) is 5.98. The highest BCUT2D eigenvalue weighted by Gasteiger charge is 2.12. The first-order chi connectivity index (χ1) is 9.67. The lowest BCUT2D eigenvalue weighted by atomic mass is 10.1. The summed E-state index contributed by atoms with van der Waals surface area (Å²) < 4.78 is 4.58. The second kappa shape index (κ2) is 4.74. The molecule has 0 atom stereocenters. The normalized spacial score (nSPS) is 10.8. The third-order valence-corrected chi connectivity index (χ3v) is 3.02. The van der Waals surface area contributed by atoms with Crippen LogP contribution < -0.4 is 16.6 Å². The third kappa shape index (κ3) is 2.12. The Balaban J connectivity index is 2.01. The molecule has 0 unspecified atom stereocenters. The zero-order valence-electron chi connectivity index (χ0n) is 11.0. The molecule has 102 valence electrons. The van der Waals surface area contributed by atoms with Crippen molar-refractivity contribution >= 4 is 28.6 Å². The van der Waals surface area contributed by atoms with Gasteiger partial charge in [-0.05, 0) is 47.4 Å². The van der Waals surface area contributed by atoms with E-state index in [1.807, 2.05) is 25.1 Å². The molecule has 3 rings (SSSR count). The highest BCUT2D eigenvalue weighted by Crippen LogP contribution is 2.24. The molecule has 0 saturated carbocycles. The molecule has 0 fully saturated rings. The molecule has 20 heavy (non-hydrogen) atoms. The fourth-order valence-corrected chi connectivity index (χ4v) is 1.78. The van der Waals surface area contributed by atoms with Gasteiger partial charge in [-0.15, -0.1) is 0 Å². The molecule has 0 aliphatic rings. The number of hydrogen-bond acceptors (Lipinski definition) is 8. The Labute approximate surface area is 114 Å². The number of hydrogen-bond donors (Lipinski definition) is 3. The van der Waals surface area contributed by atoms with Gasteiger partial charge in [0, 0.05) is 5.69 Å². The summed E-state index contributed by atoms with van der Waals surface area (Å²) in [6.07, 6.45) is 0. The van der Waals surface area contributed by atoms with Crippen molar-refractivity contribution in [1.82, 2.24) is 20.3 Å². The molecule has 2 heterocycles. The van der Waals surface area contributed by atoms with Crippen molar-refractivity contribution in [1.29, 1.82) is 0 Å². The number of nitrogens with one attached hydrogen (secondary N) is 2. The van der Waals surface area contributed by atoms with Crippen molar-refractivity contribution in [2.24, 2.45) is 5.84 Å². The van der Waals surface area contributed by atoms with E-state index in [0.717, 1.165) is 5.69 Å². The van der Waals surface area contributed by atoms with E-state index in [-0.39, 0.29) is 0 Å². The van der Waals surface area contributed by atoms with E-state index < -0.39 is 0 Å². The number of aromatic nitrogens is 4. The molecule has 8 heteroatoms. The van der Waals surface area contributed by atoms with Crippen LogP contribution in [0.25, 0.3) is 11.3 Å². The predicted octanol–water partition coefficient (Wildman–Crippen LogP) is 1.66. The molecule has 4 N–H and O–H groups in total. The molecule has 2 aromatic heterocycles. The van der Waals surface area contributed by atoms with Crippen LogP contribution in [0.1, 0.15) is 11.1 Å². The highest BCUT2D eigenvalue weighted by atomic mass is 16.6. The molecule has 1 aromatic carbocycles. The van der Waals surface area contributed by atoms with Gasteiger partial charge in [-0.25, -0.2) is 15.5 Å². The summed E-state index contributed by atoms with van der Waals surface area (Å²) in [5.74, 6) is 6.27. The fraction of sp³-hybridized carbons (Fsp3) is 0.167. The molecule has 0 bridgehead atoms. The Morgan fingerprint density at radius 1 is 1.00 bits per heavy atom. The van der Waals surface area contributed by atoms with Crippen molar-refractivity contribution in [3.05, 3.63) is 29.3 Å². The van der Waals surface area contributed by atoms with Crippen molar-refractivity contribution in [3.63, 3.8) is 0 Å². The van der Waals surface area contributed by atoms with Crippen LogP contribution in [0.2, 0.25) is 0 Å². The molecule has 0 aliphatic heterocycles. The van der Waals surface area contributed by atoms with Crippen LogP contribution in [0, 0.1) is 13.8 Å². The van der Waals surface area contributed by atoms with Crippen LogP contribution in [-0.2, 0) is 0 Å². The molecular formula is C12H13N7O. The number of hydrazine groups is 1. The molecule has 0 amide bonds. The van der Waals surface area contributed by atoms with Crippen molar-refractivity contribution in [2.75, 3.05) is 10.7 Å². The van der Waals surface area contributed by atoms with Gasteiger partial charge < -0.3 is 10.7 Å². The maximum absolute atomic E-state index is 5.45. The lowest BCUT2D eigenvalue weighted by Gasteiger charge is -2.10. The van der Waals surface area contributed by atoms with E-state index in [1.165, 1.54) is 11.1 Å². The molecule has 0 saturated heterocycles. The van der Waals surface area contributed by atoms with Gasteiger partial charge in [0.2, 0.25) is 11.3 Å². The minimum atomic E-state index is 0.295. The average molecular weight is 271 g/mol. The second-order valence-corrected chi connectivity index (χ2v) is 4.40. The first kappa shape index (κ1) is 12.3. The van der Waals surface area contributed by atoms with Gasteiger partial charge >= 0.3 is 0 Å². The molecular weight excluding hydrogens is 258 g/mol. The summed E-state index contributed by atoms with van der Waals surface area (Å²) in [6, 6.07) is 5.99. The summed E-state index contributed by atoms with van der Waals surface area (Å²) in [7, 11) is 0. The van der Waals surface area contributed by atoms with Gasteiger partial charge in [-0.2, -0.15) is 4.98 Å². The summed E-state index contributed by atoms with van der Waals surface area (Å²) in [5.41, 5.74) is 6.37. The number of anilines is 3. The first-order valence-electron chi connectivity index (χ1n) is 5.98. The Hall–Kier alpha value is -2.74. The summed E-state index contributed by atoms with van der Waals surface area (Å²) in [6.45, 7) is 4.10. The van der Waals surface area contributed by atoms with Crippen molar-refractivity contribution in [3.8, 4) is 0 Å². The minimum Gasteiger partial charge on any atom is -0.337 e. The zero-order chi connectivity index (χ0) is 14.1. The maximum Gasteiger partial charge on any atom is 0.245 e. The second-order valence-electron chi connectivity index (χ2n) is 4.40. The van der Waals surface area contributed by atoms with Crippen LogP contribution in [0.4, 0.5) is 17.3 Å². The van der Waals surface area contributed by atoms with Gasteiger partial charge in [0.05, 0.1) is 0 Å². The predicted molar refractivity (Wildman–Crippen MR) is 74.4 cm³/mol. The number of nitrogens with zero attached hydrogens (tertiary/aromatic N) is 4. The lowest BCUT2D eigenvalue weighted by Crippen LogP contribution is -2.12. The Morgan fingerprint density at radius 3 is 2.35 bits per heavy atom. The molecule has 0 spiro atoms. The molecule has 3 aromatic rings. The summed E-state index contributed by atoms with van der Waals surface area (Å²) >= 11 is 0. The van der Waals surface area contributed by atoms with Gasteiger partial charge in [0.15, 0.2) is 11.6 Å². The summed E-state index contributed by atoms with van der Waals surface area (Å²) in [5, 5.41) is 10.4. The van der Waals surface area contributed by atoms with E-state index in [4.69, 9.17) is 5.84 Å². The van der Waals surface area contributed by atoms with E-state index in [0.29, 0.717) is 22.9 Å². The van der Waals surface area contributed by atoms with Gasteiger partial charge in [-0.1, -0.05) is 6.07 Å². The van der Waals surface area contributed by atoms with Crippen molar-refractivity contribution < 1.29 is 4.63 Å². The Kier molecular flexibility index (Phi) is 2.92. The SMILES string of the molecule is Cc1ccc(Nc2nc3nonc3nc2NN)cc1C. The van der Waals surface area contributed by atoms with E-state index in [1.54, 1.807) is 0 Å². The largest absolute Gasteiger partial charge is 0.337 e. The monoisotopic (exact) mass is 271 g/mol. The third-order valence-electron chi connectivity index (χ3n) is 3.02. The number of nitrogens with two attached hydrogens (primary N) is 1. The van der Waals surface area contributed by atoms with E-state index >= 15 is 0 Å². The highest BCUT2D eigenvalue weighted by molar-refractivity contribution is 5.76. The lowest BCUT2D eigenvalue weighted by molar-refractivity contribution is 0.314. The Bertz CT molecular complexity index is 768. The minimum absolute atomic E-state index is 0.295. The van der Waals surface area contributed by atoms with Crippen LogP contribution in [0.3, 0.4) is 0 Å². The van der Waals surface area contributed by atoms with Crippen LogP contribution in [-0.4, -0.2) is 20.3 Å². The number of aryl methyl sites for hydroxylation is 2. The van der Waals surface area contributed by atoms with E-state index in [2.05, 4.69) is 42.6 Å². The van der Waals surface area contributed by atoms with Gasteiger partial charge in [0.1, 0.15) is 0 Å². The smallest absolute Gasteiger partial charge is 0.245 e. The van der Waals surface area contributed by atoms with Crippen LogP contribution in [0.5, 0.6) is 0 Å². The van der Waals surface area contributed by atoms with E-state index in [9.17, 15) is 0 Å². The number of rotatable bonds is 3. The quantitative estimate of drug-likeness (QED) is 0.486. The molecule has 0 aliphatic carbocycles. The van der Waals surface area contributed by atoms with Gasteiger partial charge in [0.25, 0.3) is 0 Å². The standard InChI is InChI=1S/C12H13N7O/c1-6-3-4-8(5-7(6)2)14-9-10(17-13)16-12-11(15-9)18-20-19-12/h3-5H,13H2,1-2H3,(H,14,15,18)(H,16,17,19). The van der Waals surface area contributed by atoms with Crippen LogP contribution >= 0.6 is 0 Å². The molecule has 0 radical (unpaired) electrons. The van der Waals surface area contributed by atoms with Crippen LogP contribution in [0.15, 0.2) is 22.8 Å². The molecule has 8 nitrogen and oxygen atoms in total. The van der Waals surface area contributed by atoms with Gasteiger partial charge in [-0.3, -0.25) is 0 Å². The Morgan fingerprint density at radius 2 is 1.70 bits per heavy atom.